The highest BCUT2D eigenvalue weighted by molar-refractivity contribution is 9.10. The minimum Gasteiger partial charge on any atom is -0.331 e. The molecule has 0 aliphatic heterocycles. The molecule has 0 atom stereocenters. The number of nitrogens with zero attached hydrogens (tertiary/aromatic N) is 1. The summed E-state index contributed by atoms with van der Waals surface area (Å²) in [6.07, 6.45) is 0.990. The van der Waals surface area contributed by atoms with Gasteiger partial charge in [-0.25, -0.2) is 0 Å². The molecule has 0 unspecified atom stereocenters. The maximum atomic E-state index is 5.44. The Bertz CT molecular complexity index is 817. The molecule has 0 aliphatic rings. The summed E-state index contributed by atoms with van der Waals surface area (Å²) < 4.78 is 4.02. The van der Waals surface area contributed by atoms with Crippen molar-refractivity contribution in [2.75, 3.05) is 0 Å². The van der Waals surface area contributed by atoms with Gasteiger partial charge in [-0.3, -0.25) is 0 Å². The molecule has 2 aromatic carbocycles. The van der Waals surface area contributed by atoms with E-state index in [-0.39, 0.29) is 0 Å². The van der Waals surface area contributed by atoms with E-state index in [4.69, 9.17) is 12.2 Å². The van der Waals surface area contributed by atoms with Crippen LogP contribution in [0.5, 0.6) is 0 Å². The smallest absolute Gasteiger partial charge is 0.178 e. The summed E-state index contributed by atoms with van der Waals surface area (Å²) in [5, 5.41) is 0. The lowest BCUT2D eigenvalue weighted by Crippen LogP contribution is -2.02. The third-order valence-electron chi connectivity index (χ3n) is 3.60. The van der Waals surface area contributed by atoms with Crippen molar-refractivity contribution in [1.29, 1.82) is 0 Å². The van der Waals surface area contributed by atoms with Crippen LogP contribution in [-0.2, 0) is 13.0 Å². The first-order chi connectivity index (χ1) is 9.65. The number of halogens is 1. The Morgan fingerprint density at radius 2 is 2.00 bits per heavy atom. The zero-order valence-corrected chi connectivity index (χ0v) is 13.6. The summed E-state index contributed by atoms with van der Waals surface area (Å²) in [7, 11) is 0. The number of aryl methyl sites for hydroxylation is 3. The number of benzene rings is 2. The monoisotopic (exact) mass is 346 g/mol. The number of aromatic nitrogens is 2. The highest BCUT2D eigenvalue weighted by Crippen LogP contribution is 2.20. The molecule has 2 nitrogen and oxygen atoms in total. The molecule has 0 radical (unpaired) electrons. The molecule has 20 heavy (non-hydrogen) atoms. The summed E-state index contributed by atoms with van der Waals surface area (Å²) in [6.45, 7) is 3.05. The van der Waals surface area contributed by atoms with E-state index in [1.807, 2.05) is 0 Å². The Morgan fingerprint density at radius 1 is 1.20 bits per heavy atom. The fourth-order valence-corrected chi connectivity index (χ4v) is 3.14. The normalized spacial score (nSPS) is 11.1. The standard InChI is InChI=1S/C16H15BrN2S/c1-11-4-2-3-5-12(11)8-9-19-15-7-6-13(17)10-14(15)18-16(19)20/h2-7,10H,8-9H2,1H3,(H,18,20). The second kappa shape index (κ2) is 5.54. The van der Waals surface area contributed by atoms with E-state index in [1.165, 1.54) is 11.1 Å². The van der Waals surface area contributed by atoms with Crippen LogP contribution in [0, 0.1) is 11.7 Å². The van der Waals surface area contributed by atoms with Crippen molar-refractivity contribution in [3.63, 3.8) is 0 Å². The van der Waals surface area contributed by atoms with E-state index in [0.717, 1.165) is 33.2 Å². The van der Waals surface area contributed by atoms with E-state index in [1.54, 1.807) is 0 Å². The van der Waals surface area contributed by atoms with Crippen LogP contribution in [0.1, 0.15) is 11.1 Å². The minimum absolute atomic E-state index is 0.784. The fraction of sp³-hybridized carbons (Fsp3) is 0.188. The maximum Gasteiger partial charge on any atom is 0.178 e. The van der Waals surface area contributed by atoms with Crippen LogP contribution in [0.25, 0.3) is 11.0 Å². The zero-order chi connectivity index (χ0) is 14.1. The number of rotatable bonds is 3. The lowest BCUT2D eigenvalue weighted by molar-refractivity contribution is 0.704. The van der Waals surface area contributed by atoms with Crippen LogP contribution in [-0.4, -0.2) is 9.55 Å². The first kappa shape index (κ1) is 13.6. The van der Waals surface area contributed by atoms with Crippen molar-refractivity contribution in [2.45, 2.75) is 19.9 Å². The summed E-state index contributed by atoms with van der Waals surface area (Å²) in [4.78, 5) is 3.27. The van der Waals surface area contributed by atoms with Crippen molar-refractivity contribution in [2.24, 2.45) is 0 Å². The first-order valence-electron chi connectivity index (χ1n) is 6.58. The molecule has 1 heterocycles. The molecule has 0 aliphatic carbocycles. The molecule has 1 aromatic heterocycles. The molecule has 3 aromatic rings. The van der Waals surface area contributed by atoms with Gasteiger partial charge in [0.15, 0.2) is 4.77 Å². The summed E-state index contributed by atoms with van der Waals surface area (Å²) in [5.74, 6) is 0. The van der Waals surface area contributed by atoms with Crippen molar-refractivity contribution in [1.82, 2.24) is 9.55 Å². The highest BCUT2D eigenvalue weighted by Gasteiger charge is 2.05. The van der Waals surface area contributed by atoms with Crippen molar-refractivity contribution < 1.29 is 0 Å². The molecule has 0 bridgehead atoms. The van der Waals surface area contributed by atoms with Gasteiger partial charge in [0.2, 0.25) is 0 Å². The Kier molecular flexibility index (Phi) is 3.76. The molecular formula is C16H15BrN2S. The molecule has 0 spiro atoms. The second-order valence-electron chi connectivity index (χ2n) is 4.92. The molecular weight excluding hydrogens is 332 g/mol. The Balaban J connectivity index is 1.94. The highest BCUT2D eigenvalue weighted by atomic mass is 79.9. The van der Waals surface area contributed by atoms with Crippen LogP contribution in [0.2, 0.25) is 0 Å². The number of hydrogen-bond donors (Lipinski definition) is 1. The predicted molar refractivity (Wildman–Crippen MR) is 89.7 cm³/mol. The van der Waals surface area contributed by atoms with E-state index in [2.05, 4.69) is 74.9 Å². The van der Waals surface area contributed by atoms with Crippen LogP contribution in [0.4, 0.5) is 0 Å². The lowest BCUT2D eigenvalue weighted by atomic mass is 10.1. The third-order valence-corrected chi connectivity index (χ3v) is 4.42. The first-order valence-corrected chi connectivity index (χ1v) is 7.78. The molecule has 4 heteroatoms. The maximum absolute atomic E-state index is 5.44. The lowest BCUT2D eigenvalue weighted by Gasteiger charge is -2.07. The SMILES string of the molecule is Cc1ccccc1CCn1c(=S)[nH]c2cc(Br)ccc21. The van der Waals surface area contributed by atoms with Crippen LogP contribution < -0.4 is 0 Å². The van der Waals surface area contributed by atoms with Gasteiger partial charge in [0.05, 0.1) is 11.0 Å². The average molecular weight is 347 g/mol. The largest absolute Gasteiger partial charge is 0.331 e. The van der Waals surface area contributed by atoms with E-state index in [0.29, 0.717) is 0 Å². The van der Waals surface area contributed by atoms with Gasteiger partial charge in [-0.15, -0.1) is 0 Å². The number of hydrogen-bond acceptors (Lipinski definition) is 1. The van der Waals surface area contributed by atoms with Gasteiger partial charge in [-0.05, 0) is 54.9 Å². The quantitative estimate of drug-likeness (QED) is 0.661. The number of H-pyrrole nitrogens is 1. The molecule has 0 amide bonds. The summed E-state index contributed by atoms with van der Waals surface area (Å²) in [6, 6.07) is 14.7. The predicted octanol–water partition coefficient (Wildman–Crippen LogP) is 5.01. The van der Waals surface area contributed by atoms with Gasteiger partial charge in [-0.2, -0.15) is 0 Å². The van der Waals surface area contributed by atoms with Gasteiger partial charge in [0.25, 0.3) is 0 Å². The Morgan fingerprint density at radius 3 is 2.80 bits per heavy atom. The zero-order valence-electron chi connectivity index (χ0n) is 11.2. The minimum atomic E-state index is 0.784. The fourth-order valence-electron chi connectivity index (χ4n) is 2.48. The molecule has 0 saturated heterocycles. The van der Waals surface area contributed by atoms with E-state index < -0.39 is 0 Å². The number of nitrogens with one attached hydrogen (secondary N) is 1. The van der Waals surface area contributed by atoms with Crippen LogP contribution in [0.3, 0.4) is 0 Å². The van der Waals surface area contributed by atoms with Crippen LogP contribution >= 0.6 is 28.1 Å². The number of imidazole rings is 1. The second-order valence-corrected chi connectivity index (χ2v) is 6.22. The molecule has 0 saturated carbocycles. The van der Waals surface area contributed by atoms with Gasteiger partial charge in [0, 0.05) is 11.0 Å². The van der Waals surface area contributed by atoms with E-state index >= 15 is 0 Å². The summed E-state index contributed by atoms with van der Waals surface area (Å²) >= 11 is 8.92. The van der Waals surface area contributed by atoms with Gasteiger partial charge in [0.1, 0.15) is 0 Å². The summed E-state index contributed by atoms with van der Waals surface area (Å²) in [5.41, 5.74) is 4.95. The van der Waals surface area contributed by atoms with Gasteiger partial charge < -0.3 is 9.55 Å². The van der Waals surface area contributed by atoms with Crippen LogP contribution in [0.15, 0.2) is 46.9 Å². The molecule has 0 fully saturated rings. The van der Waals surface area contributed by atoms with Gasteiger partial charge >= 0.3 is 0 Å². The molecule has 3 rings (SSSR count). The van der Waals surface area contributed by atoms with Crippen molar-refractivity contribution in [3.8, 4) is 0 Å². The molecule has 102 valence electrons. The third kappa shape index (κ3) is 2.58. The van der Waals surface area contributed by atoms with Gasteiger partial charge in [-0.1, -0.05) is 40.2 Å². The van der Waals surface area contributed by atoms with E-state index in [9.17, 15) is 0 Å². The Labute approximate surface area is 131 Å². The topological polar surface area (TPSA) is 20.7 Å². The van der Waals surface area contributed by atoms with Crippen molar-refractivity contribution >= 4 is 39.2 Å². The average Bonchev–Trinajstić information content (AvgIpc) is 2.73. The number of aromatic amines is 1. The Hall–Kier alpha value is -1.39. The van der Waals surface area contributed by atoms with Crippen molar-refractivity contribution in [3.05, 3.63) is 62.8 Å². The molecule has 1 N–H and O–H groups in total. The number of fused-ring (bicyclic) bond motifs is 1.